The molecule has 0 N–H and O–H groups in total. The van der Waals surface area contributed by atoms with E-state index in [2.05, 4.69) is 23.7 Å². The fourth-order valence-corrected chi connectivity index (χ4v) is 2.48. The minimum absolute atomic E-state index is 0.247. The standard InChI is InChI=1S/C13H20N2O3/c1-4-17-12(16)11-8-18-13(14-11)15-9(2)6-5-7-10(15)3/h8-10H,4-7H2,1-3H3. The molecule has 18 heavy (non-hydrogen) atoms. The molecule has 100 valence electrons. The van der Waals surface area contributed by atoms with Gasteiger partial charge in [-0.1, -0.05) is 0 Å². The molecule has 0 aromatic carbocycles. The monoisotopic (exact) mass is 252 g/mol. The molecule has 0 saturated carbocycles. The lowest BCUT2D eigenvalue weighted by molar-refractivity contribution is 0.0519. The van der Waals surface area contributed by atoms with Crippen molar-refractivity contribution in [2.75, 3.05) is 11.5 Å². The fraction of sp³-hybridized carbons (Fsp3) is 0.692. The van der Waals surface area contributed by atoms with E-state index < -0.39 is 5.97 Å². The highest BCUT2D eigenvalue weighted by Crippen LogP contribution is 2.28. The van der Waals surface area contributed by atoms with Crippen LogP contribution in [0.3, 0.4) is 0 Å². The van der Waals surface area contributed by atoms with Crippen LogP contribution >= 0.6 is 0 Å². The molecule has 1 aliphatic rings. The molecule has 1 aromatic heterocycles. The van der Waals surface area contributed by atoms with Gasteiger partial charge in [0.25, 0.3) is 6.01 Å². The molecular weight excluding hydrogens is 232 g/mol. The van der Waals surface area contributed by atoms with Gasteiger partial charge in [0.05, 0.1) is 6.61 Å². The summed E-state index contributed by atoms with van der Waals surface area (Å²) in [6.45, 7) is 6.43. The van der Waals surface area contributed by atoms with E-state index in [-0.39, 0.29) is 5.69 Å². The van der Waals surface area contributed by atoms with Crippen molar-refractivity contribution >= 4 is 12.0 Å². The molecule has 5 nitrogen and oxygen atoms in total. The first kappa shape index (κ1) is 12.9. The van der Waals surface area contributed by atoms with Gasteiger partial charge < -0.3 is 14.1 Å². The summed E-state index contributed by atoms with van der Waals surface area (Å²) in [4.78, 5) is 17.9. The van der Waals surface area contributed by atoms with E-state index in [1.54, 1.807) is 6.92 Å². The Labute approximate surface area is 107 Å². The quantitative estimate of drug-likeness (QED) is 0.774. The van der Waals surface area contributed by atoms with Gasteiger partial charge in [0.1, 0.15) is 6.26 Å². The number of hydrogen-bond acceptors (Lipinski definition) is 5. The van der Waals surface area contributed by atoms with Crippen LogP contribution in [-0.2, 0) is 4.74 Å². The van der Waals surface area contributed by atoms with Crippen LogP contribution in [0.2, 0.25) is 0 Å². The topological polar surface area (TPSA) is 55.6 Å². The first-order chi connectivity index (χ1) is 8.63. The first-order valence-corrected chi connectivity index (χ1v) is 6.54. The molecule has 2 rings (SSSR count). The number of nitrogens with zero attached hydrogens (tertiary/aromatic N) is 2. The van der Waals surface area contributed by atoms with E-state index >= 15 is 0 Å². The summed E-state index contributed by atoms with van der Waals surface area (Å²) in [7, 11) is 0. The van der Waals surface area contributed by atoms with Gasteiger partial charge in [0.2, 0.25) is 0 Å². The van der Waals surface area contributed by atoms with E-state index in [1.807, 2.05) is 0 Å². The molecule has 2 atom stereocenters. The second-order valence-electron chi connectivity index (χ2n) is 4.77. The van der Waals surface area contributed by atoms with Gasteiger partial charge in [-0.05, 0) is 40.0 Å². The number of hydrogen-bond donors (Lipinski definition) is 0. The Morgan fingerprint density at radius 2 is 2.17 bits per heavy atom. The summed E-state index contributed by atoms with van der Waals surface area (Å²) in [5, 5.41) is 0. The van der Waals surface area contributed by atoms with Gasteiger partial charge in [0.15, 0.2) is 5.69 Å². The van der Waals surface area contributed by atoms with Crippen molar-refractivity contribution in [1.82, 2.24) is 4.98 Å². The Balaban J connectivity index is 2.15. The lowest BCUT2D eigenvalue weighted by Crippen LogP contribution is -2.44. The summed E-state index contributed by atoms with van der Waals surface area (Å²) >= 11 is 0. The second kappa shape index (κ2) is 5.42. The second-order valence-corrected chi connectivity index (χ2v) is 4.77. The van der Waals surface area contributed by atoms with Crippen LogP contribution in [0.5, 0.6) is 0 Å². The zero-order valence-corrected chi connectivity index (χ0v) is 11.2. The molecule has 0 aliphatic carbocycles. The number of ether oxygens (including phenoxy) is 1. The number of rotatable bonds is 3. The van der Waals surface area contributed by atoms with Crippen molar-refractivity contribution in [1.29, 1.82) is 0 Å². The van der Waals surface area contributed by atoms with E-state index in [9.17, 15) is 4.79 Å². The lowest BCUT2D eigenvalue weighted by atomic mass is 9.98. The molecule has 0 spiro atoms. The molecule has 0 bridgehead atoms. The third-order valence-corrected chi connectivity index (χ3v) is 3.39. The molecule has 0 radical (unpaired) electrons. The van der Waals surface area contributed by atoms with Crippen LogP contribution in [0, 0.1) is 0 Å². The van der Waals surface area contributed by atoms with Crippen molar-refractivity contribution in [3.05, 3.63) is 12.0 Å². The van der Waals surface area contributed by atoms with Crippen LogP contribution in [0.25, 0.3) is 0 Å². The number of oxazole rings is 1. The predicted molar refractivity (Wildman–Crippen MR) is 67.7 cm³/mol. The highest BCUT2D eigenvalue weighted by atomic mass is 16.5. The zero-order chi connectivity index (χ0) is 13.1. The van der Waals surface area contributed by atoms with Gasteiger partial charge in [-0.3, -0.25) is 0 Å². The van der Waals surface area contributed by atoms with Crippen molar-refractivity contribution < 1.29 is 13.9 Å². The van der Waals surface area contributed by atoms with Gasteiger partial charge >= 0.3 is 5.97 Å². The molecule has 2 unspecified atom stereocenters. The zero-order valence-electron chi connectivity index (χ0n) is 11.2. The highest BCUT2D eigenvalue weighted by molar-refractivity contribution is 5.87. The minimum atomic E-state index is -0.426. The van der Waals surface area contributed by atoms with E-state index in [1.165, 1.54) is 12.7 Å². The third kappa shape index (κ3) is 2.49. The number of piperidine rings is 1. The molecule has 1 saturated heterocycles. The van der Waals surface area contributed by atoms with Gasteiger partial charge in [0, 0.05) is 12.1 Å². The molecular formula is C13H20N2O3. The maximum Gasteiger partial charge on any atom is 0.360 e. The average molecular weight is 252 g/mol. The SMILES string of the molecule is CCOC(=O)c1coc(N2C(C)CCCC2C)n1. The number of aromatic nitrogens is 1. The Kier molecular flexibility index (Phi) is 3.89. The summed E-state index contributed by atoms with van der Waals surface area (Å²) in [5.41, 5.74) is 0.247. The molecule has 0 amide bonds. The molecule has 5 heteroatoms. The van der Waals surface area contributed by atoms with Crippen LogP contribution in [0.4, 0.5) is 6.01 Å². The third-order valence-electron chi connectivity index (χ3n) is 3.39. The summed E-state index contributed by atoms with van der Waals surface area (Å²) < 4.78 is 10.3. The number of anilines is 1. The Hall–Kier alpha value is -1.52. The Bertz CT molecular complexity index is 406. The minimum Gasteiger partial charge on any atom is -0.461 e. The van der Waals surface area contributed by atoms with Crippen LogP contribution < -0.4 is 4.90 Å². The molecule has 1 fully saturated rings. The van der Waals surface area contributed by atoms with Crippen LogP contribution in [0.15, 0.2) is 10.7 Å². The number of esters is 1. The average Bonchev–Trinajstić information content (AvgIpc) is 2.78. The van der Waals surface area contributed by atoms with E-state index in [0.717, 1.165) is 12.8 Å². The van der Waals surface area contributed by atoms with Crippen molar-refractivity contribution in [3.63, 3.8) is 0 Å². The van der Waals surface area contributed by atoms with Crippen molar-refractivity contribution in [2.45, 2.75) is 52.1 Å². The Morgan fingerprint density at radius 1 is 1.50 bits per heavy atom. The van der Waals surface area contributed by atoms with Crippen LogP contribution in [0.1, 0.15) is 50.5 Å². The predicted octanol–water partition coefficient (Wildman–Crippen LogP) is 2.62. The van der Waals surface area contributed by atoms with E-state index in [4.69, 9.17) is 9.15 Å². The largest absolute Gasteiger partial charge is 0.461 e. The lowest BCUT2D eigenvalue weighted by Gasteiger charge is -2.37. The molecule has 1 aliphatic heterocycles. The van der Waals surface area contributed by atoms with E-state index in [0.29, 0.717) is 24.7 Å². The maximum absolute atomic E-state index is 11.5. The summed E-state index contributed by atoms with van der Waals surface area (Å²) in [5.74, 6) is -0.426. The highest BCUT2D eigenvalue weighted by Gasteiger charge is 2.29. The smallest absolute Gasteiger partial charge is 0.360 e. The van der Waals surface area contributed by atoms with Crippen molar-refractivity contribution in [3.8, 4) is 0 Å². The number of carbonyl (C=O) groups is 1. The maximum atomic E-state index is 11.5. The van der Waals surface area contributed by atoms with Gasteiger partial charge in [-0.2, -0.15) is 4.98 Å². The summed E-state index contributed by atoms with van der Waals surface area (Å²) in [6, 6.07) is 1.31. The summed E-state index contributed by atoms with van der Waals surface area (Å²) in [6.07, 6.45) is 4.86. The van der Waals surface area contributed by atoms with Gasteiger partial charge in [-0.15, -0.1) is 0 Å². The van der Waals surface area contributed by atoms with Crippen molar-refractivity contribution in [2.24, 2.45) is 0 Å². The first-order valence-electron chi connectivity index (χ1n) is 6.54. The molecule has 2 heterocycles. The molecule has 1 aromatic rings. The fourth-order valence-electron chi connectivity index (χ4n) is 2.48. The Morgan fingerprint density at radius 3 is 2.78 bits per heavy atom. The normalized spacial score (nSPS) is 24.1. The van der Waals surface area contributed by atoms with Crippen LogP contribution in [-0.4, -0.2) is 29.6 Å². The number of carbonyl (C=O) groups excluding carboxylic acids is 1. The van der Waals surface area contributed by atoms with Gasteiger partial charge in [-0.25, -0.2) is 4.79 Å².